The summed E-state index contributed by atoms with van der Waals surface area (Å²) in [6.45, 7) is 6.52. The number of piperidine rings is 1. The summed E-state index contributed by atoms with van der Waals surface area (Å²) in [4.78, 5) is 14.4. The third-order valence-corrected chi connectivity index (χ3v) is 6.01. The van der Waals surface area contributed by atoms with Gasteiger partial charge in [0.25, 0.3) is 5.91 Å². The largest absolute Gasteiger partial charge is 0.410 e. The molecule has 2 aromatic heterocycles. The molecule has 2 aliphatic heterocycles. The van der Waals surface area contributed by atoms with Crippen LogP contribution >= 0.6 is 0 Å². The predicted molar refractivity (Wildman–Crippen MR) is 103 cm³/mol. The van der Waals surface area contributed by atoms with Crippen molar-refractivity contribution in [1.82, 2.24) is 19.8 Å². The number of nitrogens with one attached hydrogen (secondary N) is 1. The Balaban J connectivity index is 1.57. The van der Waals surface area contributed by atoms with Crippen LogP contribution in [-0.2, 0) is 0 Å². The number of nitrogens with zero attached hydrogens (tertiary/aromatic N) is 4. The molecule has 164 valence electrons. The van der Waals surface area contributed by atoms with Gasteiger partial charge in [0.1, 0.15) is 5.82 Å². The molecule has 0 spiro atoms. The van der Waals surface area contributed by atoms with Gasteiger partial charge >= 0.3 is 6.18 Å². The van der Waals surface area contributed by atoms with Crippen LogP contribution in [-0.4, -0.2) is 51.1 Å². The number of carbonyl (C=O) groups is 1. The quantitative estimate of drug-likeness (QED) is 0.800. The highest BCUT2D eigenvalue weighted by Crippen LogP contribution is 2.42. The molecule has 4 rings (SSSR count). The summed E-state index contributed by atoms with van der Waals surface area (Å²) in [6, 6.07) is 1.39. The van der Waals surface area contributed by atoms with Crippen molar-refractivity contribution in [3.05, 3.63) is 29.3 Å². The summed E-state index contributed by atoms with van der Waals surface area (Å²) in [6.07, 6.45) is -2.90. The van der Waals surface area contributed by atoms with Gasteiger partial charge in [-0.3, -0.25) is 4.79 Å². The number of likely N-dealkylation sites (tertiary alicyclic amines) is 1. The minimum atomic E-state index is -4.37. The number of alkyl halides is 3. The van der Waals surface area contributed by atoms with Crippen molar-refractivity contribution in [1.29, 1.82) is 0 Å². The Kier molecular flexibility index (Phi) is 5.27. The molecule has 0 aromatic carbocycles. The zero-order chi connectivity index (χ0) is 21.6. The fourth-order valence-electron chi connectivity index (χ4n) is 4.28. The maximum atomic E-state index is 13.7. The zero-order valence-corrected chi connectivity index (χ0v) is 17.2. The van der Waals surface area contributed by atoms with Crippen LogP contribution in [0.5, 0.6) is 0 Å². The van der Waals surface area contributed by atoms with E-state index in [9.17, 15) is 18.0 Å². The molecule has 0 aliphatic carbocycles. The van der Waals surface area contributed by atoms with Crippen LogP contribution in [0.25, 0.3) is 0 Å². The molecule has 2 aromatic rings. The number of amides is 1. The molecule has 2 aliphatic rings. The van der Waals surface area contributed by atoms with Crippen LogP contribution < -0.4 is 5.32 Å². The number of hydrogen-bond donors (Lipinski definition) is 1. The third-order valence-electron chi connectivity index (χ3n) is 6.01. The highest BCUT2D eigenvalue weighted by atomic mass is 19.4. The Labute approximate surface area is 172 Å². The first-order valence-electron chi connectivity index (χ1n) is 10.3. The molecule has 7 nitrogen and oxygen atoms in total. The second kappa shape index (κ2) is 7.63. The molecule has 1 fully saturated rings. The van der Waals surface area contributed by atoms with Gasteiger partial charge < -0.3 is 14.7 Å². The van der Waals surface area contributed by atoms with Crippen molar-refractivity contribution in [2.45, 2.75) is 64.2 Å². The van der Waals surface area contributed by atoms with Crippen LogP contribution in [0.2, 0.25) is 0 Å². The van der Waals surface area contributed by atoms with E-state index in [0.29, 0.717) is 30.3 Å². The molecule has 3 atom stereocenters. The monoisotopic (exact) mass is 425 g/mol. The molecule has 1 N–H and O–H groups in total. The Morgan fingerprint density at radius 2 is 2.10 bits per heavy atom. The topological polar surface area (TPSA) is 76.2 Å². The van der Waals surface area contributed by atoms with Crippen LogP contribution in [0.3, 0.4) is 0 Å². The lowest BCUT2D eigenvalue weighted by Crippen LogP contribution is -2.41. The summed E-state index contributed by atoms with van der Waals surface area (Å²) in [5, 5.41) is 11.3. The van der Waals surface area contributed by atoms with Gasteiger partial charge in [-0.15, -0.1) is 0 Å². The highest BCUT2D eigenvalue weighted by Gasteiger charge is 2.47. The van der Waals surface area contributed by atoms with Gasteiger partial charge in [-0.25, -0.2) is 4.68 Å². The number of anilines is 1. The highest BCUT2D eigenvalue weighted by molar-refractivity contribution is 5.91. The fraction of sp³-hybridized carbons (Fsp3) is 0.650. The number of fused-ring (bicyclic) bond motifs is 1. The molecule has 1 amide bonds. The third kappa shape index (κ3) is 3.91. The molecule has 0 saturated carbocycles. The zero-order valence-electron chi connectivity index (χ0n) is 17.2. The standard InChI is InChI=1S/C20H26F3N5O2/c1-11(2)14-8-17(20(21,22)23)28-18(24-14)9-15(25-28)13-5-4-6-27(10-13)19(29)16-7-12(3)26-30-16/h7,9,11,13-14,17,24H,4-6,8,10H2,1-3H3/t13-,14-,17-/m0/s1. The molecule has 30 heavy (non-hydrogen) atoms. The molecular formula is C20H26F3N5O2. The average molecular weight is 425 g/mol. The molecular weight excluding hydrogens is 399 g/mol. The summed E-state index contributed by atoms with van der Waals surface area (Å²) >= 11 is 0. The van der Waals surface area contributed by atoms with Gasteiger partial charge in [-0.05, 0) is 32.1 Å². The van der Waals surface area contributed by atoms with E-state index < -0.39 is 12.2 Å². The lowest BCUT2D eigenvalue weighted by Gasteiger charge is -2.35. The second-order valence-electron chi connectivity index (χ2n) is 8.61. The van der Waals surface area contributed by atoms with Crippen molar-refractivity contribution < 1.29 is 22.5 Å². The number of halogens is 3. The molecule has 0 bridgehead atoms. The summed E-state index contributed by atoms with van der Waals surface area (Å²) in [5.41, 5.74) is 1.21. The van der Waals surface area contributed by atoms with E-state index in [0.717, 1.165) is 17.5 Å². The number of rotatable bonds is 3. The summed E-state index contributed by atoms with van der Waals surface area (Å²) in [7, 11) is 0. The van der Waals surface area contributed by atoms with Crippen molar-refractivity contribution >= 4 is 11.7 Å². The van der Waals surface area contributed by atoms with Gasteiger partial charge in [0.05, 0.1) is 11.4 Å². The van der Waals surface area contributed by atoms with E-state index in [1.165, 1.54) is 0 Å². The van der Waals surface area contributed by atoms with Gasteiger partial charge in [-0.2, -0.15) is 18.3 Å². The van der Waals surface area contributed by atoms with Crippen molar-refractivity contribution in [2.24, 2.45) is 5.92 Å². The van der Waals surface area contributed by atoms with E-state index in [1.807, 2.05) is 13.8 Å². The Morgan fingerprint density at radius 3 is 2.73 bits per heavy atom. The van der Waals surface area contributed by atoms with Crippen LogP contribution in [0.15, 0.2) is 16.7 Å². The van der Waals surface area contributed by atoms with Crippen molar-refractivity contribution in [3.63, 3.8) is 0 Å². The number of aromatic nitrogens is 3. The summed E-state index contributed by atoms with van der Waals surface area (Å²) < 4.78 is 47.3. The van der Waals surface area contributed by atoms with Crippen LogP contribution in [0.1, 0.15) is 67.0 Å². The van der Waals surface area contributed by atoms with Gasteiger partial charge in [0.2, 0.25) is 5.76 Å². The van der Waals surface area contributed by atoms with Gasteiger partial charge in [0, 0.05) is 37.2 Å². The van der Waals surface area contributed by atoms with Crippen LogP contribution in [0, 0.1) is 12.8 Å². The molecule has 0 unspecified atom stereocenters. The van der Waals surface area contributed by atoms with Crippen molar-refractivity contribution in [2.75, 3.05) is 18.4 Å². The molecule has 10 heteroatoms. The van der Waals surface area contributed by atoms with E-state index in [2.05, 4.69) is 15.6 Å². The maximum Gasteiger partial charge on any atom is 0.410 e. The number of carbonyl (C=O) groups excluding carboxylic acids is 1. The fourth-order valence-corrected chi connectivity index (χ4v) is 4.28. The minimum absolute atomic E-state index is 0.0462. The predicted octanol–water partition coefficient (Wildman–Crippen LogP) is 4.14. The summed E-state index contributed by atoms with van der Waals surface area (Å²) in [5.74, 6) is 0.256. The van der Waals surface area contributed by atoms with Crippen LogP contribution in [0.4, 0.5) is 19.0 Å². The van der Waals surface area contributed by atoms with Gasteiger partial charge in [0.15, 0.2) is 6.04 Å². The average Bonchev–Trinajstić information content (AvgIpc) is 3.32. The van der Waals surface area contributed by atoms with E-state index in [-0.39, 0.29) is 36.0 Å². The van der Waals surface area contributed by atoms with Crippen molar-refractivity contribution in [3.8, 4) is 0 Å². The Bertz CT molecular complexity index is 920. The van der Waals surface area contributed by atoms with E-state index >= 15 is 0 Å². The Hall–Kier alpha value is -2.52. The number of aryl methyl sites for hydroxylation is 1. The second-order valence-corrected chi connectivity index (χ2v) is 8.61. The lowest BCUT2D eigenvalue weighted by molar-refractivity contribution is -0.174. The smallest absolute Gasteiger partial charge is 0.367 e. The molecule has 1 saturated heterocycles. The minimum Gasteiger partial charge on any atom is -0.367 e. The van der Waals surface area contributed by atoms with E-state index in [1.54, 1.807) is 24.0 Å². The first kappa shape index (κ1) is 20.7. The first-order chi connectivity index (χ1) is 14.1. The van der Waals surface area contributed by atoms with E-state index in [4.69, 9.17) is 4.52 Å². The maximum absolute atomic E-state index is 13.7. The van der Waals surface area contributed by atoms with Gasteiger partial charge in [-0.1, -0.05) is 19.0 Å². The number of hydrogen-bond acceptors (Lipinski definition) is 5. The SMILES string of the molecule is Cc1cc(C(=O)N2CCC[C@H](c3cc4n(n3)[C@H](C(F)(F)F)C[C@@H](C(C)C)N4)C2)on1. The normalized spacial score (nSPS) is 24.6. The molecule has 0 radical (unpaired) electrons. The first-order valence-corrected chi connectivity index (χ1v) is 10.3. The lowest BCUT2D eigenvalue weighted by atomic mass is 9.93. The molecule has 4 heterocycles. The Morgan fingerprint density at radius 1 is 1.33 bits per heavy atom.